The lowest BCUT2D eigenvalue weighted by molar-refractivity contribution is 0.506. The highest BCUT2D eigenvalue weighted by Gasteiger charge is 2.23. The second kappa shape index (κ2) is 5.45. The van der Waals surface area contributed by atoms with E-state index in [0.717, 1.165) is 23.1 Å². The van der Waals surface area contributed by atoms with Gasteiger partial charge in [-0.3, -0.25) is 9.67 Å². The van der Waals surface area contributed by atoms with Crippen LogP contribution in [0.4, 0.5) is 0 Å². The highest BCUT2D eigenvalue weighted by molar-refractivity contribution is 7.71. The summed E-state index contributed by atoms with van der Waals surface area (Å²) in [5.41, 5.74) is 2.80. The molecule has 0 aliphatic heterocycles. The summed E-state index contributed by atoms with van der Waals surface area (Å²) in [5, 5.41) is 9.73. The molecule has 1 N–H and O–H groups in total. The maximum absolute atomic E-state index is 5.39. The van der Waals surface area contributed by atoms with Crippen molar-refractivity contribution < 1.29 is 0 Å². The highest BCUT2D eigenvalue weighted by atomic mass is 32.1. The fourth-order valence-electron chi connectivity index (χ4n) is 2.92. The number of aromatic amines is 1. The Morgan fingerprint density at radius 3 is 3.10 bits per heavy atom. The van der Waals surface area contributed by atoms with Gasteiger partial charge < -0.3 is 0 Å². The van der Waals surface area contributed by atoms with Crippen molar-refractivity contribution in [2.45, 2.75) is 46.6 Å². The molecule has 108 valence electrons. The van der Waals surface area contributed by atoms with E-state index < -0.39 is 0 Å². The van der Waals surface area contributed by atoms with Gasteiger partial charge in [-0.25, -0.2) is 0 Å². The first-order chi connectivity index (χ1) is 9.56. The summed E-state index contributed by atoms with van der Waals surface area (Å²) >= 11 is 7.27. The second-order valence-electron chi connectivity index (χ2n) is 6.26. The van der Waals surface area contributed by atoms with E-state index in [1.165, 1.54) is 30.4 Å². The summed E-state index contributed by atoms with van der Waals surface area (Å²) in [6.07, 6.45) is 3.68. The average Bonchev–Trinajstić information content (AvgIpc) is 2.93. The van der Waals surface area contributed by atoms with Gasteiger partial charge in [0.15, 0.2) is 10.6 Å². The zero-order chi connectivity index (χ0) is 14.3. The Labute approximate surface area is 129 Å². The quantitative estimate of drug-likeness (QED) is 0.850. The number of fused-ring (bicyclic) bond motifs is 1. The summed E-state index contributed by atoms with van der Waals surface area (Å²) in [6, 6.07) is 0. The zero-order valence-electron chi connectivity index (χ0n) is 12.3. The van der Waals surface area contributed by atoms with E-state index in [-0.39, 0.29) is 0 Å². The molecule has 5 heteroatoms. The SMILES string of the molecule is CC(C)Cn1c(-c2csc3c2CC[C@@H](C)C3)n[nH]c1=S. The van der Waals surface area contributed by atoms with Crippen LogP contribution in [0.5, 0.6) is 0 Å². The monoisotopic (exact) mass is 307 g/mol. The van der Waals surface area contributed by atoms with Gasteiger partial charge in [-0.05, 0) is 48.9 Å². The Morgan fingerprint density at radius 1 is 1.55 bits per heavy atom. The molecule has 20 heavy (non-hydrogen) atoms. The van der Waals surface area contributed by atoms with E-state index >= 15 is 0 Å². The van der Waals surface area contributed by atoms with E-state index in [2.05, 4.69) is 40.9 Å². The van der Waals surface area contributed by atoms with E-state index in [1.54, 1.807) is 4.88 Å². The standard InChI is InChI=1S/C15H21N3S2/c1-9(2)7-18-14(16-17-15(18)19)12-8-20-13-6-10(3)4-5-11(12)13/h8-10H,4-7H2,1-3H3,(H,17,19)/t10-/m1/s1. The molecule has 0 unspecified atom stereocenters. The molecule has 0 saturated carbocycles. The summed E-state index contributed by atoms with van der Waals surface area (Å²) in [5.74, 6) is 2.40. The fourth-order valence-corrected chi connectivity index (χ4v) is 4.37. The van der Waals surface area contributed by atoms with Gasteiger partial charge in [0.25, 0.3) is 0 Å². The van der Waals surface area contributed by atoms with Gasteiger partial charge in [0, 0.05) is 22.4 Å². The van der Waals surface area contributed by atoms with E-state index in [0.29, 0.717) is 5.92 Å². The first kappa shape index (κ1) is 14.0. The van der Waals surface area contributed by atoms with Gasteiger partial charge in [0.05, 0.1) is 0 Å². The molecule has 1 aliphatic carbocycles. The summed E-state index contributed by atoms with van der Waals surface area (Å²) in [7, 11) is 0. The van der Waals surface area contributed by atoms with Crippen LogP contribution in [0.15, 0.2) is 5.38 Å². The van der Waals surface area contributed by atoms with Crippen molar-refractivity contribution in [1.82, 2.24) is 14.8 Å². The Morgan fingerprint density at radius 2 is 2.35 bits per heavy atom. The number of hydrogen-bond donors (Lipinski definition) is 1. The van der Waals surface area contributed by atoms with E-state index in [1.807, 2.05) is 11.3 Å². The molecule has 2 aromatic heterocycles. The van der Waals surface area contributed by atoms with E-state index in [9.17, 15) is 0 Å². The van der Waals surface area contributed by atoms with Gasteiger partial charge in [0.2, 0.25) is 0 Å². The van der Waals surface area contributed by atoms with Crippen LogP contribution in [0, 0.1) is 16.6 Å². The third-order valence-electron chi connectivity index (χ3n) is 3.95. The second-order valence-corrected chi connectivity index (χ2v) is 7.61. The number of H-pyrrole nitrogens is 1. The molecule has 2 heterocycles. The third-order valence-corrected chi connectivity index (χ3v) is 5.31. The Balaban J connectivity index is 2.04. The lowest BCUT2D eigenvalue weighted by Crippen LogP contribution is -2.11. The van der Waals surface area contributed by atoms with Crippen molar-refractivity contribution in [3.63, 3.8) is 0 Å². The smallest absolute Gasteiger partial charge is 0.195 e. The molecule has 2 aromatic rings. The molecule has 0 spiro atoms. The predicted molar refractivity (Wildman–Crippen MR) is 86.8 cm³/mol. The number of rotatable bonds is 3. The fraction of sp³-hybridized carbons (Fsp3) is 0.600. The molecule has 3 rings (SSSR count). The van der Waals surface area contributed by atoms with Gasteiger partial charge in [-0.1, -0.05) is 20.8 Å². The maximum atomic E-state index is 5.39. The third kappa shape index (κ3) is 2.49. The van der Waals surface area contributed by atoms with Crippen molar-refractivity contribution in [2.24, 2.45) is 11.8 Å². The van der Waals surface area contributed by atoms with E-state index in [4.69, 9.17) is 12.2 Å². The highest BCUT2D eigenvalue weighted by Crippen LogP contribution is 2.37. The number of nitrogens with zero attached hydrogens (tertiary/aromatic N) is 2. The molecule has 1 aliphatic rings. The summed E-state index contributed by atoms with van der Waals surface area (Å²) < 4.78 is 2.89. The van der Waals surface area contributed by atoms with Crippen LogP contribution in [-0.4, -0.2) is 14.8 Å². The lowest BCUT2D eigenvalue weighted by atomic mass is 9.88. The predicted octanol–water partition coefficient (Wildman–Crippen LogP) is 4.45. The van der Waals surface area contributed by atoms with Gasteiger partial charge in [-0.15, -0.1) is 11.3 Å². The molecular formula is C15H21N3S2. The molecule has 3 nitrogen and oxygen atoms in total. The Hall–Kier alpha value is -0.940. The largest absolute Gasteiger partial charge is 0.300 e. The molecule has 0 fully saturated rings. The van der Waals surface area contributed by atoms with Gasteiger partial charge in [-0.2, -0.15) is 5.10 Å². The van der Waals surface area contributed by atoms with Crippen LogP contribution < -0.4 is 0 Å². The molecule has 1 atom stereocenters. The number of aromatic nitrogens is 3. The molecule has 0 amide bonds. The van der Waals surface area contributed by atoms with Crippen LogP contribution in [-0.2, 0) is 19.4 Å². The number of thiophene rings is 1. The van der Waals surface area contributed by atoms with Crippen molar-refractivity contribution in [1.29, 1.82) is 0 Å². The summed E-state index contributed by atoms with van der Waals surface area (Å²) in [6.45, 7) is 7.69. The van der Waals surface area contributed by atoms with Crippen LogP contribution in [0.25, 0.3) is 11.4 Å². The number of nitrogens with one attached hydrogen (secondary N) is 1. The first-order valence-corrected chi connectivity index (χ1v) is 8.60. The van der Waals surface area contributed by atoms with Gasteiger partial charge in [0.1, 0.15) is 0 Å². The topological polar surface area (TPSA) is 33.6 Å². The van der Waals surface area contributed by atoms with Crippen molar-refractivity contribution in [2.75, 3.05) is 0 Å². The molecule has 0 saturated heterocycles. The van der Waals surface area contributed by atoms with Gasteiger partial charge >= 0.3 is 0 Å². The van der Waals surface area contributed by atoms with Crippen molar-refractivity contribution >= 4 is 23.6 Å². The summed E-state index contributed by atoms with van der Waals surface area (Å²) in [4.78, 5) is 1.55. The normalized spacial score (nSPS) is 18.5. The van der Waals surface area contributed by atoms with Crippen LogP contribution in [0.1, 0.15) is 37.6 Å². The van der Waals surface area contributed by atoms with Crippen LogP contribution in [0.2, 0.25) is 0 Å². The van der Waals surface area contributed by atoms with Crippen LogP contribution in [0.3, 0.4) is 0 Å². The average molecular weight is 307 g/mol. The Kier molecular flexibility index (Phi) is 3.82. The maximum Gasteiger partial charge on any atom is 0.195 e. The molecule has 0 bridgehead atoms. The first-order valence-electron chi connectivity index (χ1n) is 7.31. The zero-order valence-corrected chi connectivity index (χ0v) is 13.9. The minimum atomic E-state index is 0.563. The van der Waals surface area contributed by atoms with Crippen molar-refractivity contribution in [3.05, 3.63) is 20.6 Å². The molecule has 0 aromatic carbocycles. The van der Waals surface area contributed by atoms with Crippen LogP contribution >= 0.6 is 23.6 Å². The minimum Gasteiger partial charge on any atom is -0.300 e. The molecule has 0 radical (unpaired) electrons. The lowest BCUT2D eigenvalue weighted by Gasteiger charge is -2.19. The van der Waals surface area contributed by atoms with Crippen molar-refractivity contribution in [3.8, 4) is 11.4 Å². The minimum absolute atomic E-state index is 0.563. The Bertz CT molecular complexity index is 663. The molecular weight excluding hydrogens is 286 g/mol. The number of hydrogen-bond acceptors (Lipinski definition) is 3.